The lowest BCUT2D eigenvalue weighted by Gasteiger charge is -2.05. The van der Waals surface area contributed by atoms with Gasteiger partial charge in [0.05, 0.1) is 11.4 Å². The second kappa shape index (κ2) is 8.51. The molecule has 2 aromatic rings. The van der Waals surface area contributed by atoms with Crippen molar-refractivity contribution < 1.29 is 19.1 Å². The summed E-state index contributed by atoms with van der Waals surface area (Å²) in [5, 5.41) is 9.23. The van der Waals surface area contributed by atoms with E-state index in [9.17, 15) is 14.4 Å². The maximum Gasteiger partial charge on any atom is 0.331 e. The molecule has 2 N–H and O–H groups in total. The second-order valence-corrected chi connectivity index (χ2v) is 6.57. The van der Waals surface area contributed by atoms with Crippen LogP contribution in [-0.2, 0) is 14.3 Å². The van der Waals surface area contributed by atoms with Crippen molar-refractivity contribution in [3.05, 3.63) is 53.4 Å². The molecule has 1 aliphatic carbocycles. The molecule has 1 saturated carbocycles. The van der Waals surface area contributed by atoms with Crippen molar-refractivity contribution in [1.29, 1.82) is 0 Å². The van der Waals surface area contributed by atoms with Crippen molar-refractivity contribution in [1.82, 2.24) is 20.4 Å². The van der Waals surface area contributed by atoms with Crippen LogP contribution in [0.15, 0.2) is 36.4 Å². The molecule has 0 aliphatic heterocycles. The fourth-order valence-electron chi connectivity index (χ4n) is 2.66. The third-order valence-electron chi connectivity index (χ3n) is 4.25. The van der Waals surface area contributed by atoms with Gasteiger partial charge in [0.25, 0.3) is 5.91 Å². The zero-order chi connectivity index (χ0) is 20.1. The van der Waals surface area contributed by atoms with Gasteiger partial charge in [-0.2, -0.15) is 5.10 Å². The molecule has 0 bridgehead atoms. The first-order valence-electron chi connectivity index (χ1n) is 9.01. The predicted octanol–water partition coefficient (Wildman–Crippen LogP) is 2.03. The number of benzene rings is 1. The highest BCUT2D eigenvalue weighted by molar-refractivity contribution is 5.96. The van der Waals surface area contributed by atoms with E-state index in [0.29, 0.717) is 0 Å². The molecule has 0 atom stereocenters. The molecular weight excluding hydrogens is 360 g/mol. The highest BCUT2D eigenvalue weighted by Crippen LogP contribution is 2.19. The number of hydrogen-bond acceptors (Lipinski definition) is 5. The molecule has 1 heterocycles. The second-order valence-electron chi connectivity index (χ2n) is 6.57. The SMILES string of the molecule is Cc1nn(-c2ccccc2)c(C)c1/C=C/C(=O)OCC(=O)NC(=O)NC1CC1. The quantitative estimate of drug-likeness (QED) is 0.588. The number of nitrogens with one attached hydrogen (secondary N) is 2. The average molecular weight is 382 g/mol. The highest BCUT2D eigenvalue weighted by Gasteiger charge is 2.24. The first-order valence-corrected chi connectivity index (χ1v) is 9.01. The lowest BCUT2D eigenvalue weighted by atomic mass is 10.2. The maximum absolute atomic E-state index is 11.9. The van der Waals surface area contributed by atoms with Crippen LogP contribution in [0.1, 0.15) is 29.8 Å². The van der Waals surface area contributed by atoms with Gasteiger partial charge in [0.15, 0.2) is 6.61 Å². The monoisotopic (exact) mass is 382 g/mol. The van der Waals surface area contributed by atoms with E-state index in [4.69, 9.17) is 4.74 Å². The molecule has 8 nitrogen and oxygen atoms in total. The van der Waals surface area contributed by atoms with Crippen molar-refractivity contribution in [3.8, 4) is 5.69 Å². The molecule has 1 aliphatic rings. The number of para-hydroxylation sites is 1. The van der Waals surface area contributed by atoms with Crippen LogP contribution in [0.2, 0.25) is 0 Å². The zero-order valence-corrected chi connectivity index (χ0v) is 15.8. The van der Waals surface area contributed by atoms with Crippen molar-refractivity contribution in [2.45, 2.75) is 32.7 Å². The third-order valence-corrected chi connectivity index (χ3v) is 4.25. The van der Waals surface area contributed by atoms with E-state index in [2.05, 4.69) is 15.7 Å². The number of aryl methyl sites for hydroxylation is 1. The number of carbonyl (C=O) groups is 3. The van der Waals surface area contributed by atoms with Crippen LogP contribution >= 0.6 is 0 Å². The van der Waals surface area contributed by atoms with E-state index in [-0.39, 0.29) is 6.04 Å². The Morgan fingerprint density at radius 2 is 1.93 bits per heavy atom. The number of ether oxygens (including phenoxy) is 1. The van der Waals surface area contributed by atoms with Crippen LogP contribution < -0.4 is 10.6 Å². The van der Waals surface area contributed by atoms with E-state index in [1.807, 2.05) is 44.2 Å². The van der Waals surface area contributed by atoms with E-state index >= 15 is 0 Å². The summed E-state index contributed by atoms with van der Waals surface area (Å²) in [4.78, 5) is 34.9. The van der Waals surface area contributed by atoms with Gasteiger partial charge in [-0.1, -0.05) is 18.2 Å². The molecule has 1 aromatic carbocycles. The Hall–Kier alpha value is -3.42. The molecule has 1 fully saturated rings. The number of aromatic nitrogens is 2. The number of carbonyl (C=O) groups excluding carboxylic acids is 3. The van der Waals surface area contributed by atoms with E-state index in [1.165, 1.54) is 6.08 Å². The number of urea groups is 1. The van der Waals surface area contributed by atoms with Gasteiger partial charge >= 0.3 is 12.0 Å². The summed E-state index contributed by atoms with van der Waals surface area (Å²) in [6.07, 6.45) is 4.68. The predicted molar refractivity (Wildman–Crippen MR) is 103 cm³/mol. The molecule has 0 spiro atoms. The summed E-state index contributed by atoms with van der Waals surface area (Å²) in [6.45, 7) is 3.23. The van der Waals surface area contributed by atoms with E-state index in [0.717, 1.165) is 35.5 Å². The molecule has 8 heteroatoms. The number of esters is 1. The fourth-order valence-corrected chi connectivity index (χ4v) is 2.66. The molecule has 3 rings (SSSR count). The number of nitrogens with zero attached hydrogens (tertiary/aromatic N) is 2. The van der Waals surface area contributed by atoms with Gasteiger partial charge < -0.3 is 10.1 Å². The summed E-state index contributed by atoms with van der Waals surface area (Å²) in [5.74, 6) is -1.35. The van der Waals surface area contributed by atoms with Crippen LogP contribution in [0.5, 0.6) is 0 Å². The minimum Gasteiger partial charge on any atom is -0.452 e. The molecule has 28 heavy (non-hydrogen) atoms. The molecule has 146 valence electrons. The Bertz CT molecular complexity index is 914. The van der Waals surface area contributed by atoms with Crippen molar-refractivity contribution in [2.75, 3.05) is 6.61 Å². The Morgan fingerprint density at radius 3 is 2.61 bits per heavy atom. The topological polar surface area (TPSA) is 102 Å². The minimum atomic E-state index is -0.677. The van der Waals surface area contributed by atoms with Gasteiger partial charge in [0, 0.05) is 23.4 Å². The normalized spacial score (nSPS) is 13.4. The summed E-state index contributed by atoms with van der Waals surface area (Å²) in [7, 11) is 0. The minimum absolute atomic E-state index is 0.140. The van der Waals surface area contributed by atoms with Crippen LogP contribution in [0, 0.1) is 13.8 Å². The molecule has 0 radical (unpaired) electrons. The summed E-state index contributed by atoms with van der Waals surface area (Å²) in [6, 6.07) is 9.24. The van der Waals surface area contributed by atoms with Gasteiger partial charge in [-0.25, -0.2) is 14.3 Å². The van der Waals surface area contributed by atoms with Crippen molar-refractivity contribution in [2.24, 2.45) is 0 Å². The van der Waals surface area contributed by atoms with Crippen LogP contribution in [0.3, 0.4) is 0 Å². The van der Waals surface area contributed by atoms with Gasteiger partial charge in [0.2, 0.25) is 0 Å². The number of imide groups is 1. The first-order chi connectivity index (χ1) is 13.4. The Morgan fingerprint density at radius 1 is 1.21 bits per heavy atom. The van der Waals surface area contributed by atoms with Gasteiger partial charge in [0.1, 0.15) is 0 Å². The zero-order valence-electron chi connectivity index (χ0n) is 15.8. The molecule has 1 aromatic heterocycles. The number of hydrogen-bond donors (Lipinski definition) is 2. The smallest absolute Gasteiger partial charge is 0.331 e. The largest absolute Gasteiger partial charge is 0.452 e. The Labute approximate surface area is 162 Å². The lowest BCUT2D eigenvalue weighted by molar-refractivity contribution is -0.143. The fraction of sp³-hybridized carbons (Fsp3) is 0.300. The summed E-state index contributed by atoms with van der Waals surface area (Å²) in [5.41, 5.74) is 3.36. The molecule has 0 saturated heterocycles. The Kier molecular flexibility index (Phi) is 5.88. The number of rotatable bonds is 6. The lowest BCUT2D eigenvalue weighted by Crippen LogP contribution is -2.42. The van der Waals surface area contributed by atoms with Crippen LogP contribution in [-0.4, -0.2) is 40.3 Å². The summed E-state index contributed by atoms with van der Waals surface area (Å²) >= 11 is 0. The summed E-state index contributed by atoms with van der Waals surface area (Å²) < 4.78 is 6.67. The van der Waals surface area contributed by atoms with E-state index < -0.39 is 24.5 Å². The molecule has 3 amide bonds. The average Bonchev–Trinajstić information content (AvgIpc) is 3.43. The number of amides is 3. The molecule has 0 unspecified atom stereocenters. The van der Waals surface area contributed by atoms with Gasteiger partial charge in [-0.3, -0.25) is 10.1 Å². The highest BCUT2D eigenvalue weighted by atomic mass is 16.5. The van der Waals surface area contributed by atoms with Crippen molar-refractivity contribution >= 4 is 24.0 Å². The first kappa shape index (κ1) is 19.3. The maximum atomic E-state index is 11.9. The van der Waals surface area contributed by atoms with Crippen molar-refractivity contribution in [3.63, 3.8) is 0 Å². The standard InChI is InChI=1S/C20H22N4O4/c1-13-17(14(2)24(23-13)16-6-4-3-5-7-16)10-11-19(26)28-12-18(25)22-20(27)21-15-8-9-15/h3-7,10-11,15H,8-9,12H2,1-2H3,(H2,21,22,25,27)/b11-10+. The van der Waals surface area contributed by atoms with E-state index in [1.54, 1.807) is 10.8 Å². The van der Waals surface area contributed by atoms with Crippen LogP contribution in [0.4, 0.5) is 4.79 Å². The molecular formula is C20H22N4O4. The Balaban J connectivity index is 1.54. The van der Waals surface area contributed by atoms with Gasteiger partial charge in [-0.15, -0.1) is 0 Å². The van der Waals surface area contributed by atoms with Crippen LogP contribution in [0.25, 0.3) is 11.8 Å². The third kappa shape index (κ3) is 5.06. The van der Waals surface area contributed by atoms with Gasteiger partial charge in [-0.05, 0) is 44.9 Å².